The van der Waals surface area contributed by atoms with Gasteiger partial charge in [-0.2, -0.15) is 10.1 Å². The molecule has 10 nitrogen and oxygen atoms in total. The maximum Gasteiger partial charge on any atom is 0.264 e. The highest BCUT2D eigenvalue weighted by Crippen LogP contribution is 2.31. The zero-order valence-electron chi connectivity index (χ0n) is 23.1. The van der Waals surface area contributed by atoms with Gasteiger partial charge in [0, 0.05) is 30.4 Å². The molecule has 0 aliphatic carbocycles. The molecule has 4 bridgehead atoms. The first-order valence-electron chi connectivity index (χ1n) is 13.1. The van der Waals surface area contributed by atoms with Crippen LogP contribution in [0.1, 0.15) is 41.8 Å². The van der Waals surface area contributed by atoms with Crippen LogP contribution in [-0.4, -0.2) is 46.7 Å². The number of aryl methyl sites for hydroxylation is 3. The summed E-state index contributed by atoms with van der Waals surface area (Å²) < 4.78 is 37.3. The molecule has 208 valence electrons. The van der Waals surface area contributed by atoms with Crippen molar-refractivity contribution in [2.45, 2.75) is 45.1 Å². The summed E-state index contributed by atoms with van der Waals surface area (Å²) in [6.45, 7) is 8.21. The van der Waals surface area contributed by atoms with E-state index in [4.69, 9.17) is 4.74 Å². The lowest BCUT2D eigenvalue weighted by molar-refractivity contribution is 0.0961. The Morgan fingerprint density at radius 2 is 1.80 bits per heavy atom. The summed E-state index contributed by atoms with van der Waals surface area (Å²) in [5.74, 6) is -0.0392. The Bertz CT molecular complexity index is 1660. The molecule has 0 radical (unpaired) electrons. The predicted octanol–water partition coefficient (Wildman–Crippen LogP) is 4.75. The Balaban J connectivity index is 1.71. The maximum atomic E-state index is 14.0. The highest BCUT2D eigenvalue weighted by Gasteiger charge is 2.31. The standard InChI is InChI=1S/C29H32N6O4S/c1-18(2)12-22-17-39-26-14-25(27-19(3)8-6-9-20(27)4)31-29(32-26)33-40(37,38)24-11-7-10-21(13-24)28(36)35(22)23-15-30-34(5)16-23/h6-11,13-16,18,22H,12,17H2,1-5H3,(H,31,32,33)/t22-/m1/s1. The fourth-order valence-corrected chi connectivity index (χ4v) is 6.00. The highest BCUT2D eigenvalue weighted by atomic mass is 32.2. The van der Waals surface area contributed by atoms with Crippen molar-refractivity contribution < 1.29 is 17.9 Å². The van der Waals surface area contributed by atoms with Gasteiger partial charge >= 0.3 is 0 Å². The first-order valence-corrected chi connectivity index (χ1v) is 14.5. The minimum atomic E-state index is -4.13. The Morgan fingerprint density at radius 1 is 1.07 bits per heavy atom. The molecular weight excluding hydrogens is 528 g/mol. The molecule has 0 spiro atoms. The molecule has 1 aliphatic heterocycles. The molecule has 3 heterocycles. The summed E-state index contributed by atoms with van der Waals surface area (Å²) in [4.78, 5) is 24.5. The van der Waals surface area contributed by atoms with Gasteiger partial charge in [0.15, 0.2) is 0 Å². The van der Waals surface area contributed by atoms with Gasteiger partial charge in [-0.3, -0.25) is 14.4 Å². The second kappa shape index (κ2) is 10.7. The summed E-state index contributed by atoms with van der Waals surface area (Å²) >= 11 is 0. The van der Waals surface area contributed by atoms with Gasteiger partial charge in [-0.05, 0) is 55.5 Å². The smallest absolute Gasteiger partial charge is 0.264 e. The van der Waals surface area contributed by atoms with Crippen molar-refractivity contribution in [3.8, 4) is 17.1 Å². The number of nitrogens with zero attached hydrogens (tertiary/aromatic N) is 5. The van der Waals surface area contributed by atoms with Gasteiger partial charge in [-0.15, -0.1) is 0 Å². The van der Waals surface area contributed by atoms with Crippen LogP contribution < -0.4 is 14.4 Å². The van der Waals surface area contributed by atoms with E-state index in [0.717, 1.165) is 16.7 Å². The van der Waals surface area contributed by atoms with Gasteiger partial charge in [0.25, 0.3) is 15.9 Å². The van der Waals surface area contributed by atoms with Crippen molar-refractivity contribution in [1.82, 2.24) is 19.7 Å². The van der Waals surface area contributed by atoms with E-state index in [1.54, 1.807) is 47.2 Å². The number of ether oxygens (including phenoxy) is 1. The van der Waals surface area contributed by atoms with E-state index < -0.39 is 16.1 Å². The van der Waals surface area contributed by atoms with Crippen LogP contribution in [0.3, 0.4) is 0 Å². The van der Waals surface area contributed by atoms with Crippen LogP contribution in [0.2, 0.25) is 0 Å². The summed E-state index contributed by atoms with van der Waals surface area (Å²) in [7, 11) is -2.35. The van der Waals surface area contributed by atoms with Gasteiger partial charge in [0.1, 0.15) is 6.61 Å². The third-order valence-electron chi connectivity index (χ3n) is 6.78. The van der Waals surface area contributed by atoms with Crippen molar-refractivity contribution in [3.63, 3.8) is 0 Å². The van der Waals surface area contributed by atoms with Crippen LogP contribution >= 0.6 is 0 Å². The number of aromatic nitrogens is 4. The zero-order valence-corrected chi connectivity index (χ0v) is 23.9. The lowest BCUT2D eigenvalue weighted by Crippen LogP contribution is -2.44. The highest BCUT2D eigenvalue weighted by molar-refractivity contribution is 7.92. The van der Waals surface area contributed by atoms with Gasteiger partial charge < -0.3 is 4.74 Å². The zero-order chi connectivity index (χ0) is 28.6. The molecule has 1 amide bonds. The fraction of sp³-hybridized carbons (Fsp3) is 0.310. The molecule has 2 aromatic heterocycles. The summed E-state index contributed by atoms with van der Waals surface area (Å²) in [5, 5.41) is 4.28. The average molecular weight is 561 g/mol. The van der Waals surface area contributed by atoms with Crippen LogP contribution in [0, 0.1) is 19.8 Å². The molecule has 11 heteroatoms. The number of carbonyl (C=O) groups is 1. The van der Waals surface area contributed by atoms with Crippen molar-refractivity contribution in [1.29, 1.82) is 0 Å². The topological polar surface area (TPSA) is 119 Å². The van der Waals surface area contributed by atoms with Crippen LogP contribution in [0.25, 0.3) is 11.3 Å². The van der Waals surface area contributed by atoms with Crippen molar-refractivity contribution in [3.05, 3.63) is 77.6 Å². The van der Waals surface area contributed by atoms with Gasteiger partial charge in [-0.1, -0.05) is 38.1 Å². The van der Waals surface area contributed by atoms with E-state index in [0.29, 0.717) is 17.8 Å². The number of hydrogen-bond donors (Lipinski definition) is 1. The quantitative estimate of drug-likeness (QED) is 0.383. The molecule has 1 aliphatic rings. The average Bonchev–Trinajstić information content (AvgIpc) is 3.31. The van der Waals surface area contributed by atoms with E-state index in [2.05, 4.69) is 33.6 Å². The molecule has 0 saturated carbocycles. The number of nitrogens with one attached hydrogen (secondary N) is 1. The minimum absolute atomic E-state index is 0.0762. The van der Waals surface area contributed by atoms with E-state index >= 15 is 0 Å². The monoisotopic (exact) mass is 560 g/mol. The predicted molar refractivity (Wildman–Crippen MR) is 153 cm³/mol. The normalized spacial score (nSPS) is 16.9. The SMILES string of the molecule is Cc1cccc(C)c1-c1cc2nc(n1)NS(=O)(=O)c1cccc(c1)C(=O)N(c1cnn(C)c1)[C@H](CC(C)C)CO2. The number of rotatable bonds is 4. The third kappa shape index (κ3) is 5.55. The van der Waals surface area contributed by atoms with Crippen LogP contribution in [0.4, 0.5) is 11.6 Å². The van der Waals surface area contributed by atoms with Crippen LogP contribution in [0.15, 0.2) is 65.8 Å². The van der Waals surface area contributed by atoms with E-state index in [-0.39, 0.29) is 40.7 Å². The van der Waals surface area contributed by atoms with Gasteiger partial charge in [0.2, 0.25) is 11.8 Å². The molecule has 5 rings (SSSR count). The Kier molecular flexibility index (Phi) is 7.33. The van der Waals surface area contributed by atoms with Gasteiger partial charge in [-0.25, -0.2) is 18.1 Å². The molecule has 0 saturated heterocycles. The van der Waals surface area contributed by atoms with Crippen molar-refractivity contribution >= 4 is 27.6 Å². The number of anilines is 2. The first kappa shape index (κ1) is 27.3. The largest absolute Gasteiger partial charge is 0.475 e. The molecule has 0 fully saturated rings. The molecule has 4 aromatic rings. The lowest BCUT2D eigenvalue weighted by Gasteiger charge is -2.32. The van der Waals surface area contributed by atoms with Crippen LogP contribution in [-0.2, 0) is 17.1 Å². The molecule has 1 atom stereocenters. The van der Waals surface area contributed by atoms with E-state index in [1.807, 2.05) is 32.0 Å². The second-order valence-corrected chi connectivity index (χ2v) is 12.1. The number of benzene rings is 2. The summed E-state index contributed by atoms with van der Waals surface area (Å²) in [5.41, 5.74) is 4.17. The number of hydrogen-bond acceptors (Lipinski definition) is 7. The number of fused-ring (bicyclic) bond motifs is 4. The van der Waals surface area contributed by atoms with E-state index in [1.165, 1.54) is 12.1 Å². The van der Waals surface area contributed by atoms with Gasteiger partial charge in [0.05, 0.1) is 28.5 Å². The second-order valence-electron chi connectivity index (χ2n) is 10.5. The molecule has 2 aromatic carbocycles. The van der Waals surface area contributed by atoms with Crippen molar-refractivity contribution in [2.24, 2.45) is 13.0 Å². The summed E-state index contributed by atoms with van der Waals surface area (Å²) in [6.07, 6.45) is 4.00. The third-order valence-corrected chi connectivity index (χ3v) is 8.10. The molecule has 40 heavy (non-hydrogen) atoms. The first-order chi connectivity index (χ1) is 19.0. The van der Waals surface area contributed by atoms with Crippen LogP contribution in [0.5, 0.6) is 5.88 Å². The molecule has 0 unspecified atom stereocenters. The maximum absolute atomic E-state index is 14.0. The Morgan fingerprint density at radius 3 is 2.48 bits per heavy atom. The summed E-state index contributed by atoms with van der Waals surface area (Å²) in [6, 6.07) is 13.2. The van der Waals surface area contributed by atoms with Crippen molar-refractivity contribution in [2.75, 3.05) is 16.2 Å². The molecular formula is C29H32N6O4S. The Hall–Kier alpha value is -4.25. The lowest BCUT2D eigenvalue weighted by atomic mass is 10.00. The van der Waals surface area contributed by atoms with E-state index in [9.17, 15) is 13.2 Å². The number of sulfonamides is 1. The molecule has 1 N–H and O–H groups in total. The Labute approximate surface area is 234 Å². The number of amides is 1. The number of carbonyl (C=O) groups excluding carboxylic acids is 1. The minimum Gasteiger partial charge on any atom is -0.475 e. The fourth-order valence-electron chi connectivity index (χ4n) is 5.01.